The van der Waals surface area contributed by atoms with Crippen LogP contribution in [0.25, 0.3) is 0 Å². The third-order valence-corrected chi connectivity index (χ3v) is 3.97. The molecule has 1 aliphatic carbocycles. The first-order valence-electron chi connectivity index (χ1n) is 7.10. The molecule has 0 spiro atoms. The lowest BCUT2D eigenvalue weighted by Crippen LogP contribution is -2.48. The normalized spacial score (nSPS) is 22.6. The molecule has 0 amide bonds. The van der Waals surface area contributed by atoms with Crippen LogP contribution in [0.2, 0.25) is 0 Å². The fraction of sp³-hybridized carbons (Fsp3) is 0.933. The van der Waals surface area contributed by atoms with Gasteiger partial charge in [-0.1, -0.05) is 27.7 Å². The van der Waals surface area contributed by atoms with Crippen molar-refractivity contribution in [1.29, 1.82) is 0 Å². The molecule has 4 nitrogen and oxygen atoms in total. The van der Waals surface area contributed by atoms with Crippen LogP contribution in [0.15, 0.2) is 0 Å². The number of rotatable bonds is 6. The number of ether oxygens (including phenoxy) is 1. The van der Waals surface area contributed by atoms with Gasteiger partial charge in [0.15, 0.2) is 0 Å². The Bertz CT molecular complexity index is 297. The molecule has 0 aliphatic heterocycles. The van der Waals surface area contributed by atoms with E-state index < -0.39 is 5.97 Å². The molecular weight excluding hydrogens is 242 g/mol. The molecule has 0 aromatic heterocycles. The summed E-state index contributed by atoms with van der Waals surface area (Å²) in [7, 11) is 1.66. The molecule has 19 heavy (non-hydrogen) atoms. The third kappa shape index (κ3) is 5.49. The van der Waals surface area contributed by atoms with Crippen molar-refractivity contribution in [3.8, 4) is 0 Å². The lowest BCUT2D eigenvalue weighted by molar-refractivity contribution is -0.140. The van der Waals surface area contributed by atoms with Crippen molar-refractivity contribution in [2.75, 3.05) is 26.8 Å². The molecule has 0 bridgehead atoms. The molecule has 0 atom stereocenters. The summed E-state index contributed by atoms with van der Waals surface area (Å²) in [4.78, 5) is 13.1. The number of carbonyl (C=O) groups is 1. The molecule has 0 unspecified atom stereocenters. The largest absolute Gasteiger partial charge is 0.480 e. The van der Waals surface area contributed by atoms with Gasteiger partial charge in [0.05, 0.1) is 13.2 Å². The second-order valence-corrected chi connectivity index (χ2v) is 7.42. The van der Waals surface area contributed by atoms with Crippen LogP contribution in [-0.4, -0.2) is 48.8 Å². The minimum absolute atomic E-state index is 0.111. The molecule has 0 aromatic carbocycles. The number of methoxy groups -OCH3 is 1. The van der Waals surface area contributed by atoms with E-state index in [4.69, 9.17) is 9.84 Å². The SMILES string of the molecule is COCCN(CC(=O)O)C1CC(C)(C)CC(C)(C)C1. The zero-order valence-corrected chi connectivity index (χ0v) is 13.0. The topological polar surface area (TPSA) is 49.8 Å². The molecule has 1 rings (SSSR count). The number of aliphatic carboxylic acids is 1. The van der Waals surface area contributed by atoms with Gasteiger partial charge in [-0.25, -0.2) is 0 Å². The van der Waals surface area contributed by atoms with Gasteiger partial charge in [0.2, 0.25) is 0 Å². The van der Waals surface area contributed by atoms with Gasteiger partial charge >= 0.3 is 5.97 Å². The quantitative estimate of drug-likeness (QED) is 0.807. The predicted octanol–water partition coefficient (Wildman–Crippen LogP) is 2.62. The molecular formula is C15H29NO3. The van der Waals surface area contributed by atoms with Crippen LogP contribution in [-0.2, 0) is 9.53 Å². The first kappa shape index (κ1) is 16.4. The predicted molar refractivity (Wildman–Crippen MR) is 76.3 cm³/mol. The lowest BCUT2D eigenvalue weighted by Gasteiger charge is -2.48. The van der Waals surface area contributed by atoms with E-state index in [0.29, 0.717) is 19.2 Å². The van der Waals surface area contributed by atoms with E-state index in [1.807, 2.05) is 0 Å². The molecule has 0 saturated heterocycles. The van der Waals surface area contributed by atoms with Gasteiger partial charge in [-0.05, 0) is 30.1 Å². The van der Waals surface area contributed by atoms with Gasteiger partial charge in [-0.3, -0.25) is 9.69 Å². The molecule has 1 fully saturated rings. The Morgan fingerprint density at radius 3 is 2.21 bits per heavy atom. The summed E-state index contributed by atoms with van der Waals surface area (Å²) in [5.74, 6) is -0.753. The summed E-state index contributed by atoms with van der Waals surface area (Å²) in [6, 6.07) is 0.338. The Hall–Kier alpha value is -0.610. The van der Waals surface area contributed by atoms with E-state index in [1.54, 1.807) is 7.11 Å². The highest BCUT2D eigenvalue weighted by Gasteiger charge is 2.40. The van der Waals surface area contributed by atoms with Crippen molar-refractivity contribution in [2.45, 2.75) is 53.0 Å². The molecule has 1 N–H and O–H groups in total. The maximum atomic E-state index is 11.1. The van der Waals surface area contributed by atoms with Crippen molar-refractivity contribution in [3.05, 3.63) is 0 Å². The lowest BCUT2D eigenvalue weighted by atomic mass is 9.63. The van der Waals surface area contributed by atoms with Crippen LogP contribution in [0, 0.1) is 10.8 Å². The summed E-state index contributed by atoms with van der Waals surface area (Å²) >= 11 is 0. The van der Waals surface area contributed by atoms with Crippen LogP contribution in [0.3, 0.4) is 0 Å². The fourth-order valence-corrected chi connectivity index (χ4v) is 3.82. The smallest absolute Gasteiger partial charge is 0.317 e. The average molecular weight is 271 g/mol. The van der Waals surface area contributed by atoms with E-state index in [2.05, 4.69) is 32.6 Å². The number of carboxylic acids is 1. The average Bonchev–Trinajstić information content (AvgIpc) is 2.19. The highest BCUT2D eigenvalue weighted by molar-refractivity contribution is 5.69. The maximum Gasteiger partial charge on any atom is 0.317 e. The summed E-state index contributed by atoms with van der Waals surface area (Å²) < 4.78 is 5.11. The Labute approximate surface area is 117 Å². The Kier molecular flexibility index (Phi) is 5.39. The minimum atomic E-state index is -0.753. The highest BCUT2D eigenvalue weighted by atomic mass is 16.5. The molecule has 0 heterocycles. The van der Waals surface area contributed by atoms with Crippen LogP contribution in [0.5, 0.6) is 0 Å². The number of nitrogens with zero attached hydrogens (tertiary/aromatic N) is 1. The molecule has 4 heteroatoms. The number of hydrogen-bond donors (Lipinski definition) is 1. The van der Waals surface area contributed by atoms with Crippen molar-refractivity contribution in [2.24, 2.45) is 10.8 Å². The number of carboxylic acid groups (broad SMARTS) is 1. The van der Waals surface area contributed by atoms with Crippen molar-refractivity contribution >= 4 is 5.97 Å². The van der Waals surface area contributed by atoms with E-state index >= 15 is 0 Å². The zero-order chi connectivity index (χ0) is 14.7. The van der Waals surface area contributed by atoms with Crippen molar-refractivity contribution in [3.63, 3.8) is 0 Å². The van der Waals surface area contributed by atoms with Crippen LogP contribution >= 0.6 is 0 Å². The second-order valence-electron chi connectivity index (χ2n) is 7.42. The third-order valence-electron chi connectivity index (χ3n) is 3.97. The van der Waals surface area contributed by atoms with Gasteiger partial charge in [-0.15, -0.1) is 0 Å². The Balaban J connectivity index is 2.78. The molecule has 112 valence electrons. The van der Waals surface area contributed by atoms with Crippen molar-refractivity contribution < 1.29 is 14.6 Å². The number of hydrogen-bond acceptors (Lipinski definition) is 3. The van der Waals surface area contributed by atoms with Gasteiger partial charge < -0.3 is 9.84 Å². The zero-order valence-electron chi connectivity index (χ0n) is 13.0. The maximum absolute atomic E-state index is 11.1. The summed E-state index contributed by atoms with van der Waals surface area (Å²) in [6.45, 7) is 10.5. The van der Waals surface area contributed by atoms with Crippen LogP contribution in [0.1, 0.15) is 47.0 Å². The molecule has 0 radical (unpaired) electrons. The minimum Gasteiger partial charge on any atom is -0.480 e. The van der Waals surface area contributed by atoms with E-state index in [9.17, 15) is 4.79 Å². The monoisotopic (exact) mass is 271 g/mol. The van der Waals surface area contributed by atoms with Crippen molar-refractivity contribution in [1.82, 2.24) is 4.90 Å². The second kappa shape index (κ2) is 6.23. The molecule has 0 aromatic rings. The van der Waals surface area contributed by atoms with E-state index in [0.717, 1.165) is 12.8 Å². The van der Waals surface area contributed by atoms with Crippen LogP contribution in [0.4, 0.5) is 0 Å². The summed E-state index contributed by atoms with van der Waals surface area (Å²) in [5, 5.41) is 9.09. The van der Waals surface area contributed by atoms with Gasteiger partial charge in [0.25, 0.3) is 0 Å². The first-order valence-corrected chi connectivity index (χ1v) is 7.10. The van der Waals surface area contributed by atoms with Crippen LogP contribution < -0.4 is 0 Å². The van der Waals surface area contributed by atoms with E-state index in [1.165, 1.54) is 6.42 Å². The summed E-state index contributed by atoms with van der Waals surface area (Å²) in [6.07, 6.45) is 3.32. The molecule has 1 aliphatic rings. The standard InChI is InChI=1S/C15H29NO3/c1-14(2)8-12(9-15(3,4)11-14)16(6-7-19-5)10-13(17)18/h12H,6-11H2,1-5H3,(H,17,18). The van der Waals surface area contributed by atoms with Gasteiger partial charge in [-0.2, -0.15) is 0 Å². The first-order chi connectivity index (χ1) is 8.65. The summed E-state index contributed by atoms with van der Waals surface area (Å²) in [5.41, 5.74) is 0.548. The molecule has 1 saturated carbocycles. The fourth-order valence-electron chi connectivity index (χ4n) is 3.82. The van der Waals surface area contributed by atoms with Gasteiger partial charge in [0, 0.05) is 19.7 Å². The Morgan fingerprint density at radius 2 is 1.79 bits per heavy atom. The Morgan fingerprint density at radius 1 is 1.26 bits per heavy atom. The van der Waals surface area contributed by atoms with Gasteiger partial charge in [0.1, 0.15) is 0 Å². The highest BCUT2D eigenvalue weighted by Crippen LogP contribution is 2.47. The van der Waals surface area contributed by atoms with E-state index in [-0.39, 0.29) is 17.4 Å².